The summed E-state index contributed by atoms with van der Waals surface area (Å²) in [5.41, 5.74) is 2.59. The van der Waals surface area contributed by atoms with E-state index < -0.39 is 29.7 Å². The molecule has 0 spiro atoms. The van der Waals surface area contributed by atoms with Crippen molar-refractivity contribution in [1.82, 2.24) is 30.1 Å². The van der Waals surface area contributed by atoms with Crippen LogP contribution in [0.5, 0.6) is 0 Å². The standard InChI is InChI=1S/C24H20F6N6O/c25-19-11-17(21-32-33-22(37-21)24(28,29)30)5-6-18(19)13-36-14-20(31-34-36)16-3-1-15(2-4-16)12-35-9-7-23(26,27)8-10-35/h1-6,11,14H,7-10,12-13H2. The Bertz CT molecular complexity index is 1370. The molecular weight excluding hydrogens is 502 g/mol. The number of halogens is 6. The van der Waals surface area contributed by atoms with Crippen LogP contribution >= 0.6 is 0 Å². The van der Waals surface area contributed by atoms with E-state index in [0.717, 1.165) is 17.2 Å². The Kier molecular flexibility index (Phi) is 6.48. The second kappa shape index (κ2) is 9.61. The first-order valence-electron chi connectivity index (χ1n) is 11.3. The van der Waals surface area contributed by atoms with Crippen LogP contribution in [0.3, 0.4) is 0 Å². The van der Waals surface area contributed by atoms with Gasteiger partial charge in [0.25, 0.3) is 5.92 Å². The number of alkyl halides is 5. The third-order valence-corrected chi connectivity index (χ3v) is 6.08. The second-order valence-corrected chi connectivity index (χ2v) is 8.85. The molecule has 0 radical (unpaired) electrons. The van der Waals surface area contributed by atoms with E-state index in [2.05, 4.69) is 24.9 Å². The minimum Gasteiger partial charge on any atom is -0.413 e. The molecule has 0 N–H and O–H groups in total. The van der Waals surface area contributed by atoms with Gasteiger partial charge in [-0.2, -0.15) is 13.2 Å². The van der Waals surface area contributed by atoms with Crippen LogP contribution in [0.2, 0.25) is 0 Å². The lowest BCUT2D eigenvalue weighted by Crippen LogP contribution is -2.38. The maximum Gasteiger partial charge on any atom is 0.470 e. The number of piperidine rings is 1. The Hall–Kier alpha value is -3.74. The third kappa shape index (κ3) is 5.82. The summed E-state index contributed by atoms with van der Waals surface area (Å²) >= 11 is 0. The number of hydrogen-bond acceptors (Lipinski definition) is 6. The minimum atomic E-state index is -4.79. The van der Waals surface area contributed by atoms with Crippen LogP contribution < -0.4 is 0 Å². The Morgan fingerprint density at radius 1 is 0.892 bits per heavy atom. The van der Waals surface area contributed by atoms with Gasteiger partial charge < -0.3 is 4.42 Å². The summed E-state index contributed by atoms with van der Waals surface area (Å²) in [6.45, 7) is 1.32. The molecule has 0 aliphatic carbocycles. The molecule has 5 rings (SSSR count). The topological polar surface area (TPSA) is 72.9 Å². The van der Waals surface area contributed by atoms with Crippen molar-refractivity contribution in [2.75, 3.05) is 13.1 Å². The first kappa shape index (κ1) is 24.9. The molecule has 7 nitrogen and oxygen atoms in total. The van der Waals surface area contributed by atoms with Crippen LogP contribution in [0, 0.1) is 5.82 Å². The normalized spacial score (nSPS) is 16.3. The van der Waals surface area contributed by atoms with Crippen LogP contribution in [0.1, 0.15) is 29.9 Å². The lowest BCUT2D eigenvalue weighted by atomic mass is 10.0. The smallest absolute Gasteiger partial charge is 0.413 e. The summed E-state index contributed by atoms with van der Waals surface area (Å²) in [6.07, 6.45) is -3.41. The maximum atomic E-state index is 14.7. The number of benzene rings is 2. The molecule has 1 saturated heterocycles. The highest BCUT2D eigenvalue weighted by Gasteiger charge is 2.38. The molecule has 1 aliphatic rings. The first-order valence-corrected chi connectivity index (χ1v) is 11.3. The van der Waals surface area contributed by atoms with Gasteiger partial charge in [-0.1, -0.05) is 35.5 Å². The summed E-state index contributed by atoms with van der Waals surface area (Å²) in [4.78, 5) is 2.00. The lowest BCUT2D eigenvalue weighted by Gasteiger charge is -2.31. The van der Waals surface area contributed by atoms with Gasteiger partial charge in [0.15, 0.2) is 0 Å². The number of hydrogen-bond donors (Lipinski definition) is 0. The van der Waals surface area contributed by atoms with Crippen molar-refractivity contribution in [2.45, 2.75) is 38.0 Å². The lowest BCUT2D eigenvalue weighted by molar-refractivity contribution is -0.156. The average molecular weight is 522 g/mol. The summed E-state index contributed by atoms with van der Waals surface area (Å²) in [5, 5.41) is 14.4. The molecule has 194 valence electrons. The van der Waals surface area contributed by atoms with Crippen molar-refractivity contribution in [3.63, 3.8) is 0 Å². The van der Waals surface area contributed by atoms with Crippen LogP contribution in [0.4, 0.5) is 26.3 Å². The van der Waals surface area contributed by atoms with Gasteiger partial charge in [-0.3, -0.25) is 4.90 Å². The van der Waals surface area contributed by atoms with Crippen molar-refractivity contribution >= 4 is 0 Å². The fraction of sp³-hybridized carbons (Fsp3) is 0.333. The van der Waals surface area contributed by atoms with Gasteiger partial charge in [0.1, 0.15) is 11.5 Å². The SMILES string of the molecule is Fc1cc(-c2nnc(C(F)(F)F)o2)ccc1Cn1cc(-c2ccc(CN3CCC(F)(F)CC3)cc2)nn1. The molecule has 0 unspecified atom stereocenters. The third-order valence-electron chi connectivity index (χ3n) is 6.08. The van der Waals surface area contributed by atoms with Crippen LogP contribution in [0.15, 0.2) is 53.1 Å². The molecular formula is C24H20F6N6O. The Morgan fingerprint density at radius 2 is 1.59 bits per heavy atom. The van der Waals surface area contributed by atoms with Gasteiger partial charge in [-0.25, -0.2) is 17.9 Å². The van der Waals surface area contributed by atoms with Gasteiger partial charge in [0.2, 0.25) is 5.89 Å². The van der Waals surface area contributed by atoms with Crippen LogP contribution in [0.25, 0.3) is 22.7 Å². The molecule has 37 heavy (non-hydrogen) atoms. The molecule has 0 saturated carbocycles. The predicted octanol–water partition coefficient (Wildman–Crippen LogP) is 5.43. The highest BCUT2D eigenvalue weighted by Crippen LogP contribution is 2.31. The molecule has 4 aromatic rings. The van der Waals surface area contributed by atoms with Crippen LogP contribution in [-0.2, 0) is 19.3 Å². The monoisotopic (exact) mass is 522 g/mol. The molecule has 0 bridgehead atoms. The molecule has 3 heterocycles. The number of aromatic nitrogens is 5. The molecule has 0 atom stereocenters. The van der Waals surface area contributed by atoms with Gasteiger partial charge in [0.05, 0.1) is 12.7 Å². The van der Waals surface area contributed by atoms with Crippen LogP contribution in [-0.4, -0.2) is 49.1 Å². The quantitative estimate of drug-likeness (QED) is 0.315. The largest absolute Gasteiger partial charge is 0.470 e. The van der Waals surface area contributed by atoms with E-state index in [4.69, 9.17) is 0 Å². The van der Waals surface area contributed by atoms with E-state index in [9.17, 15) is 26.3 Å². The van der Waals surface area contributed by atoms with Gasteiger partial charge in [-0.15, -0.1) is 15.3 Å². The van der Waals surface area contributed by atoms with Crippen molar-refractivity contribution in [2.24, 2.45) is 0 Å². The molecule has 2 aromatic carbocycles. The number of likely N-dealkylation sites (tertiary alicyclic amines) is 1. The fourth-order valence-electron chi connectivity index (χ4n) is 4.02. The first-order chi connectivity index (χ1) is 17.6. The second-order valence-electron chi connectivity index (χ2n) is 8.85. The Labute approximate surface area is 206 Å². The van der Waals surface area contributed by atoms with E-state index in [-0.39, 0.29) is 30.5 Å². The van der Waals surface area contributed by atoms with E-state index >= 15 is 0 Å². The van der Waals surface area contributed by atoms with E-state index in [0.29, 0.717) is 25.3 Å². The maximum absolute atomic E-state index is 14.7. The van der Waals surface area contributed by atoms with E-state index in [1.165, 1.54) is 16.8 Å². The predicted molar refractivity (Wildman–Crippen MR) is 119 cm³/mol. The highest BCUT2D eigenvalue weighted by molar-refractivity contribution is 5.58. The minimum absolute atomic E-state index is 0.0156. The zero-order chi connectivity index (χ0) is 26.2. The van der Waals surface area contributed by atoms with Crippen molar-refractivity contribution < 1.29 is 30.8 Å². The molecule has 13 heteroatoms. The van der Waals surface area contributed by atoms with Crippen molar-refractivity contribution in [3.05, 3.63) is 71.5 Å². The summed E-state index contributed by atoms with van der Waals surface area (Å²) < 4.78 is 85.3. The van der Waals surface area contributed by atoms with Gasteiger partial charge >= 0.3 is 12.1 Å². The molecule has 1 aliphatic heterocycles. The van der Waals surface area contributed by atoms with Gasteiger partial charge in [0, 0.05) is 49.2 Å². The number of rotatable bonds is 6. The van der Waals surface area contributed by atoms with Crippen molar-refractivity contribution in [3.8, 4) is 22.7 Å². The highest BCUT2D eigenvalue weighted by atomic mass is 19.4. The Morgan fingerprint density at radius 3 is 2.24 bits per heavy atom. The molecule has 2 aromatic heterocycles. The number of nitrogens with zero attached hydrogens (tertiary/aromatic N) is 6. The van der Waals surface area contributed by atoms with Crippen molar-refractivity contribution in [1.29, 1.82) is 0 Å². The summed E-state index contributed by atoms with van der Waals surface area (Å²) in [5.74, 6) is -5.21. The zero-order valence-corrected chi connectivity index (χ0v) is 19.2. The molecule has 0 amide bonds. The van der Waals surface area contributed by atoms with E-state index in [1.54, 1.807) is 6.20 Å². The summed E-state index contributed by atoms with van der Waals surface area (Å²) in [7, 11) is 0. The Balaban J connectivity index is 1.22. The molecule has 1 fully saturated rings. The van der Waals surface area contributed by atoms with E-state index in [1.807, 2.05) is 29.2 Å². The average Bonchev–Trinajstić information content (AvgIpc) is 3.53. The zero-order valence-electron chi connectivity index (χ0n) is 19.2. The van der Waals surface area contributed by atoms with Gasteiger partial charge in [-0.05, 0) is 17.7 Å². The summed E-state index contributed by atoms with van der Waals surface area (Å²) in [6, 6.07) is 11.3. The fourth-order valence-corrected chi connectivity index (χ4v) is 4.02.